The first-order valence-corrected chi connectivity index (χ1v) is 8.87. The van der Waals surface area contributed by atoms with Gasteiger partial charge in [-0.1, -0.05) is 37.3 Å². The van der Waals surface area contributed by atoms with Crippen molar-refractivity contribution in [1.82, 2.24) is 5.32 Å². The van der Waals surface area contributed by atoms with Crippen molar-refractivity contribution in [2.24, 2.45) is 11.8 Å². The second-order valence-corrected chi connectivity index (χ2v) is 6.42. The van der Waals surface area contributed by atoms with Crippen LogP contribution in [0.1, 0.15) is 17.3 Å². The van der Waals surface area contributed by atoms with Crippen LogP contribution in [-0.2, 0) is 28.6 Å². The van der Waals surface area contributed by atoms with Crippen molar-refractivity contribution in [3.8, 4) is 0 Å². The number of fused-ring (bicyclic) bond motifs is 1. The predicted molar refractivity (Wildman–Crippen MR) is 104 cm³/mol. The molecule has 0 spiro atoms. The summed E-state index contributed by atoms with van der Waals surface area (Å²) in [4.78, 5) is 49.3. The number of methoxy groups -OCH3 is 3. The molecule has 2 aromatic carbocycles. The molecule has 8 heteroatoms. The minimum Gasteiger partial charge on any atom is -0.468 e. The Bertz CT molecular complexity index is 908. The quantitative estimate of drug-likeness (QED) is 0.427. The van der Waals surface area contributed by atoms with E-state index in [1.807, 2.05) is 24.3 Å². The summed E-state index contributed by atoms with van der Waals surface area (Å²) in [5.41, 5.74) is 0.317. The normalized spacial score (nSPS) is 12.7. The molecule has 29 heavy (non-hydrogen) atoms. The van der Waals surface area contributed by atoms with E-state index in [4.69, 9.17) is 4.74 Å². The second kappa shape index (κ2) is 9.68. The molecule has 0 saturated carbocycles. The van der Waals surface area contributed by atoms with Crippen LogP contribution in [0.4, 0.5) is 0 Å². The highest BCUT2D eigenvalue weighted by atomic mass is 16.5. The van der Waals surface area contributed by atoms with Crippen LogP contribution in [0.25, 0.3) is 10.8 Å². The van der Waals surface area contributed by atoms with Crippen LogP contribution in [-0.4, -0.2) is 51.2 Å². The Morgan fingerprint density at radius 2 is 1.34 bits per heavy atom. The lowest BCUT2D eigenvalue weighted by molar-refractivity contribution is -0.162. The molecule has 0 saturated heterocycles. The lowest BCUT2D eigenvalue weighted by Gasteiger charge is -2.27. The van der Waals surface area contributed by atoms with Gasteiger partial charge in [0, 0.05) is 11.5 Å². The monoisotopic (exact) mass is 401 g/mol. The zero-order valence-electron chi connectivity index (χ0n) is 16.6. The van der Waals surface area contributed by atoms with Crippen molar-refractivity contribution in [1.29, 1.82) is 0 Å². The number of esters is 3. The minimum absolute atomic E-state index is 0.317. The first kappa shape index (κ1) is 21.9. The maximum atomic E-state index is 12.8. The van der Waals surface area contributed by atoms with Crippen LogP contribution in [0.3, 0.4) is 0 Å². The number of nitrogens with one attached hydrogen (secondary N) is 1. The molecule has 0 heterocycles. The van der Waals surface area contributed by atoms with E-state index in [9.17, 15) is 19.2 Å². The van der Waals surface area contributed by atoms with Crippen molar-refractivity contribution in [3.63, 3.8) is 0 Å². The average molecular weight is 401 g/mol. The van der Waals surface area contributed by atoms with Gasteiger partial charge in [0.2, 0.25) is 0 Å². The van der Waals surface area contributed by atoms with E-state index < -0.39 is 41.7 Å². The molecule has 1 amide bonds. The van der Waals surface area contributed by atoms with Gasteiger partial charge in [-0.3, -0.25) is 14.4 Å². The third kappa shape index (κ3) is 4.90. The van der Waals surface area contributed by atoms with E-state index in [2.05, 4.69) is 14.8 Å². The molecule has 0 bridgehead atoms. The highest BCUT2D eigenvalue weighted by Crippen LogP contribution is 2.21. The molecule has 2 aromatic rings. The minimum atomic E-state index is -1.41. The van der Waals surface area contributed by atoms with Gasteiger partial charge >= 0.3 is 17.9 Å². The number of carbonyl (C=O) groups is 4. The zero-order chi connectivity index (χ0) is 21.6. The molecular weight excluding hydrogens is 378 g/mol. The van der Waals surface area contributed by atoms with Crippen LogP contribution >= 0.6 is 0 Å². The Hall–Kier alpha value is -3.42. The molecule has 0 aliphatic rings. The number of carbonyl (C=O) groups excluding carboxylic acids is 4. The molecule has 0 aromatic heterocycles. The SMILES string of the molecule is COC(=O)C(C(=O)OC)[C@@H](C)[C@@H](NC(=O)c1ccc2ccccc2c1)C(=O)OC. The van der Waals surface area contributed by atoms with E-state index in [1.54, 1.807) is 18.2 Å². The number of benzene rings is 2. The summed E-state index contributed by atoms with van der Waals surface area (Å²) in [6.07, 6.45) is 0. The molecular formula is C21H23NO7. The number of rotatable bonds is 7. The molecule has 1 N–H and O–H groups in total. The lowest BCUT2D eigenvalue weighted by Crippen LogP contribution is -2.51. The molecule has 0 aliphatic carbocycles. The van der Waals surface area contributed by atoms with Gasteiger partial charge in [-0.05, 0) is 22.9 Å². The Kier molecular flexibility index (Phi) is 7.30. The molecule has 8 nitrogen and oxygen atoms in total. The van der Waals surface area contributed by atoms with Gasteiger partial charge in [0.05, 0.1) is 21.3 Å². The van der Waals surface area contributed by atoms with Gasteiger partial charge < -0.3 is 19.5 Å². The molecule has 0 aliphatic heterocycles. The highest BCUT2D eigenvalue weighted by molar-refractivity contribution is 6.01. The maximum absolute atomic E-state index is 12.8. The molecule has 0 radical (unpaired) electrons. The lowest BCUT2D eigenvalue weighted by atomic mass is 9.87. The zero-order valence-corrected chi connectivity index (χ0v) is 16.6. The maximum Gasteiger partial charge on any atom is 0.328 e. The van der Waals surface area contributed by atoms with Crippen molar-refractivity contribution >= 4 is 34.6 Å². The van der Waals surface area contributed by atoms with E-state index >= 15 is 0 Å². The first-order chi connectivity index (χ1) is 13.8. The Balaban J connectivity index is 2.33. The summed E-state index contributed by atoms with van der Waals surface area (Å²) < 4.78 is 14.1. The van der Waals surface area contributed by atoms with Crippen LogP contribution in [0.2, 0.25) is 0 Å². The molecule has 2 rings (SSSR count). The molecule has 0 fully saturated rings. The van der Waals surface area contributed by atoms with Crippen LogP contribution < -0.4 is 5.32 Å². The fourth-order valence-corrected chi connectivity index (χ4v) is 3.06. The van der Waals surface area contributed by atoms with E-state index in [1.165, 1.54) is 6.92 Å². The van der Waals surface area contributed by atoms with Gasteiger partial charge in [0.1, 0.15) is 6.04 Å². The first-order valence-electron chi connectivity index (χ1n) is 8.87. The number of hydrogen-bond acceptors (Lipinski definition) is 7. The van der Waals surface area contributed by atoms with Crippen molar-refractivity contribution in [3.05, 3.63) is 48.0 Å². The summed E-state index contributed by atoms with van der Waals surface area (Å²) in [5, 5.41) is 4.37. The van der Waals surface area contributed by atoms with Crippen LogP contribution in [0, 0.1) is 11.8 Å². The topological polar surface area (TPSA) is 108 Å². The summed E-state index contributed by atoms with van der Waals surface area (Å²) in [5.74, 6) is -5.50. The van der Waals surface area contributed by atoms with Crippen molar-refractivity contribution in [2.45, 2.75) is 13.0 Å². The standard InChI is InChI=1S/C21H23NO7/c1-12(16(19(24)27-2)20(25)28-3)17(21(26)29-4)22-18(23)15-10-9-13-7-5-6-8-14(13)11-15/h5-12,16-17H,1-4H3,(H,22,23)/t12-,17-/m1/s1. The highest BCUT2D eigenvalue weighted by Gasteiger charge is 2.42. The van der Waals surface area contributed by atoms with Gasteiger partial charge in [-0.15, -0.1) is 0 Å². The summed E-state index contributed by atoms with van der Waals surface area (Å²) in [6, 6.07) is 11.3. The molecule has 2 atom stereocenters. The van der Waals surface area contributed by atoms with Crippen molar-refractivity contribution < 1.29 is 33.4 Å². The third-order valence-electron chi connectivity index (χ3n) is 4.72. The summed E-state index contributed by atoms with van der Waals surface area (Å²) in [7, 11) is 3.38. The predicted octanol–water partition coefficient (Wildman–Crippen LogP) is 1.71. The van der Waals surface area contributed by atoms with Crippen LogP contribution in [0.5, 0.6) is 0 Å². The average Bonchev–Trinajstić information content (AvgIpc) is 2.75. The van der Waals surface area contributed by atoms with E-state index in [0.29, 0.717) is 5.56 Å². The van der Waals surface area contributed by atoms with Crippen LogP contribution in [0.15, 0.2) is 42.5 Å². The number of hydrogen-bond donors (Lipinski definition) is 1. The fraction of sp³-hybridized carbons (Fsp3) is 0.333. The summed E-state index contributed by atoms with van der Waals surface area (Å²) >= 11 is 0. The van der Waals surface area contributed by atoms with Gasteiger partial charge in [0.15, 0.2) is 5.92 Å². The smallest absolute Gasteiger partial charge is 0.328 e. The Morgan fingerprint density at radius 1 is 0.793 bits per heavy atom. The van der Waals surface area contributed by atoms with Gasteiger partial charge in [-0.2, -0.15) is 0 Å². The second-order valence-electron chi connectivity index (χ2n) is 6.42. The number of ether oxygens (including phenoxy) is 3. The Labute approximate surface area is 168 Å². The molecule has 0 unspecified atom stereocenters. The van der Waals surface area contributed by atoms with E-state index in [-0.39, 0.29) is 0 Å². The Morgan fingerprint density at radius 3 is 1.90 bits per heavy atom. The fourth-order valence-electron chi connectivity index (χ4n) is 3.06. The van der Waals surface area contributed by atoms with Gasteiger partial charge in [-0.25, -0.2) is 4.79 Å². The van der Waals surface area contributed by atoms with E-state index in [0.717, 1.165) is 32.1 Å². The van der Waals surface area contributed by atoms with Gasteiger partial charge in [0.25, 0.3) is 5.91 Å². The van der Waals surface area contributed by atoms with Crippen molar-refractivity contribution in [2.75, 3.05) is 21.3 Å². The number of amides is 1. The third-order valence-corrected chi connectivity index (χ3v) is 4.72. The molecule has 154 valence electrons. The largest absolute Gasteiger partial charge is 0.468 e. The summed E-state index contributed by atoms with van der Waals surface area (Å²) in [6.45, 7) is 1.46.